The maximum atomic E-state index is 14.1. The monoisotopic (exact) mass is 484 g/mol. The van der Waals surface area contributed by atoms with Crippen LogP contribution in [0.3, 0.4) is 0 Å². The fraction of sp³-hybridized carbons (Fsp3) is 0.364. The molecule has 1 aliphatic heterocycles. The lowest BCUT2D eigenvalue weighted by atomic mass is 9.90. The maximum Gasteiger partial charge on any atom is 0.336 e. The lowest BCUT2D eigenvalue weighted by molar-refractivity contribution is -0.120. The van der Waals surface area contributed by atoms with E-state index in [4.69, 9.17) is 23.2 Å². The van der Waals surface area contributed by atoms with Crippen LogP contribution in [0, 0.1) is 17.6 Å². The highest BCUT2D eigenvalue weighted by atomic mass is 35.5. The molecular formula is C22H24Cl2F2N4O2. The van der Waals surface area contributed by atoms with Crippen molar-refractivity contribution in [2.24, 2.45) is 5.92 Å². The minimum atomic E-state index is -0.630. The van der Waals surface area contributed by atoms with Crippen LogP contribution in [0.25, 0.3) is 0 Å². The molecule has 0 bridgehead atoms. The summed E-state index contributed by atoms with van der Waals surface area (Å²) in [5.74, 6) is -1.42. The van der Waals surface area contributed by atoms with E-state index in [9.17, 15) is 18.4 Å². The Balaban J connectivity index is 1.82. The van der Waals surface area contributed by atoms with Crippen molar-refractivity contribution in [1.29, 1.82) is 0 Å². The number of piperidine rings is 1. The molecule has 1 atom stereocenters. The molecule has 6 nitrogen and oxygen atoms in total. The largest absolute Gasteiger partial charge is 0.336 e. The zero-order valence-electron chi connectivity index (χ0n) is 18.0. The van der Waals surface area contributed by atoms with Gasteiger partial charge in [-0.2, -0.15) is 0 Å². The van der Waals surface area contributed by atoms with Crippen LogP contribution in [-0.4, -0.2) is 44.6 Å². The zero-order chi connectivity index (χ0) is 23.6. The predicted molar refractivity (Wildman–Crippen MR) is 122 cm³/mol. The zero-order valence-corrected chi connectivity index (χ0v) is 19.5. The number of amides is 3. The Morgan fingerprint density at radius 1 is 1.16 bits per heavy atom. The van der Waals surface area contributed by atoms with Gasteiger partial charge in [-0.25, -0.2) is 18.6 Å². The highest BCUT2D eigenvalue weighted by molar-refractivity contribution is 6.40. The van der Waals surface area contributed by atoms with E-state index in [0.29, 0.717) is 36.3 Å². The number of urea groups is 1. The highest BCUT2D eigenvalue weighted by Crippen LogP contribution is 2.40. The molecule has 1 aliphatic rings. The van der Waals surface area contributed by atoms with Crippen LogP contribution in [0.1, 0.15) is 18.4 Å². The number of hydrogen-bond donors (Lipinski definition) is 1. The van der Waals surface area contributed by atoms with Gasteiger partial charge in [0.05, 0.1) is 15.7 Å². The highest BCUT2D eigenvalue weighted by Gasteiger charge is 2.30. The van der Waals surface area contributed by atoms with Gasteiger partial charge in [-0.05, 0) is 42.5 Å². The summed E-state index contributed by atoms with van der Waals surface area (Å²) in [5.41, 5.74) is 3.82. The van der Waals surface area contributed by atoms with Crippen molar-refractivity contribution in [2.45, 2.75) is 19.3 Å². The molecule has 2 aromatic carbocycles. The first-order valence-corrected chi connectivity index (χ1v) is 10.8. The number of benzene rings is 2. The average molecular weight is 485 g/mol. The number of carbonyl (C=O) groups excluding carboxylic acids is 2. The van der Waals surface area contributed by atoms with E-state index in [1.54, 1.807) is 33.3 Å². The van der Waals surface area contributed by atoms with Crippen LogP contribution in [-0.2, 0) is 11.2 Å². The van der Waals surface area contributed by atoms with Gasteiger partial charge in [0.15, 0.2) is 0 Å². The molecule has 3 amide bonds. The van der Waals surface area contributed by atoms with Crippen molar-refractivity contribution in [2.75, 3.05) is 37.5 Å². The third-order valence-electron chi connectivity index (χ3n) is 5.31. The van der Waals surface area contributed by atoms with Crippen LogP contribution in [0.5, 0.6) is 0 Å². The molecule has 1 saturated heterocycles. The fourth-order valence-corrected chi connectivity index (χ4v) is 4.36. The Bertz CT molecular complexity index is 1010. The molecule has 1 fully saturated rings. The second-order valence-corrected chi connectivity index (χ2v) is 8.79. The van der Waals surface area contributed by atoms with Crippen LogP contribution in [0.2, 0.25) is 10.0 Å². The second-order valence-electron chi connectivity index (χ2n) is 7.98. The Labute approximate surface area is 195 Å². The molecule has 172 valence electrons. The molecule has 3 rings (SSSR count). The number of anilines is 2. The summed E-state index contributed by atoms with van der Waals surface area (Å²) >= 11 is 13.0. The van der Waals surface area contributed by atoms with Gasteiger partial charge >= 0.3 is 6.03 Å². The number of hydrazine groups is 1. The number of carbonyl (C=O) groups is 2. The lowest BCUT2D eigenvalue weighted by Crippen LogP contribution is -2.44. The number of hydrogen-bond acceptors (Lipinski definition) is 3. The first-order chi connectivity index (χ1) is 15.1. The predicted octanol–water partition coefficient (Wildman–Crippen LogP) is 4.88. The van der Waals surface area contributed by atoms with E-state index in [0.717, 1.165) is 6.07 Å². The van der Waals surface area contributed by atoms with Crippen molar-refractivity contribution in [1.82, 2.24) is 10.4 Å². The van der Waals surface area contributed by atoms with Gasteiger partial charge in [0.1, 0.15) is 11.6 Å². The number of nitrogens with one attached hydrogen (secondary N) is 1. The van der Waals surface area contributed by atoms with Crippen molar-refractivity contribution in [3.05, 3.63) is 57.6 Å². The summed E-state index contributed by atoms with van der Waals surface area (Å²) in [4.78, 5) is 27.8. The van der Waals surface area contributed by atoms with Crippen molar-refractivity contribution >= 4 is 46.5 Å². The lowest BCUT2D eigenvalue weighted by Gasteiger charge is -2.34. The summed E-state index contributed by atoms with van der Waals surface area (Å²) in [6, 6.07) is 6.25. The van der Waals surface area contributed by atoms with Gasteiger partial charge in [0.25, 0.3) is 0 Å². The molecule has 10 heteroatoms. The van der Waals surface area contributed by atoms with Gasteiger partial charge < -0.3 is 4.90 Å². The summed E-state index contributed by atoms with van der Waals surface area (Å²) in [5, 5.41) is 1.95. The van der Waals surface area contributed by atoms with E-state index >= 15 is 0 Å². The topological polar surface area (TPSA) is 55.9 Å². The van der Waals surface area contributed by atoms with E-state index in [1.807, 2.05) is 0 Å². The molecule has 0 aliphatic carbocycles. The second kappa shape index (κ2) is 10.0. The quantitative estimate of drug-likeness (QED) is 0.615. The van der Waals surface area contributed by atoms with Crippen LogP contribution >= 0.6 is 23.2 Å². The standard InChI is InChI=1S/C22H24Cl2F2N4O2/c1-28(2)27-22(32)29(3)16-10-17(23)21(18(24)11-16)30-12-13(4-7-20(30)31)8-14-5-6-15(25)9-19(14)26/h5-6,9-11,13H,4,7-8,12H2,1-3H3,(H,27,32). The first-order valence-electron chi connectivity index (χ1n) is 10.0. The first kappa shape index (κ1) is 24.2. The van der Waals surface area contributed by atoms with Gasteiger partial charge in [0.2, 0.25) is 5.91 Å². The summed E-state index contributed by atoms with van der Waals surface area (Å²) < 4.78 is 27.3. The van der Waals surface area contributed by atoms with Gasteiger partial charge in [0, 0.05) is 45.9 Å². The van der Waals surface area contributed by atoms with Gasteiger partial charge in [-0.15, -0.1) is 0 Å². The molecule has 1 heterocycles. The van der Waals surface area contributed by atoms with Gasteiger partial charge in [-0.1, -0.05) is 29.3 Å². The fourth-order valence-electron chi connectivity index (χ4n) is 3.68. The smallest absolute Gasteiger partial charge is 0.309 e. The molecular weight excluding hydrogens is 461 g/mol. The molecule has 0 spiro atoms. The molecule has 0 aromatic heterocycles. The Kier molecular flexibility index (Phi) is 7.59. The van der Waals surface area contributed by atoms with Crippen LogP contribution in [0.4, 0.5) is 25.0 Å². The van der Waals surface area contributed by atoms with Crippen LogP contribution < -0.4 is 15.2 Å². The minimum Gasteiger partial charge on any atom is -0.309 e. The maximum absolute atomic E-state index is 14.1. The van der Waals surface area contributed by atoms with E-state index in [1.165, 1.54) is 26.9 Å². The molecule has 32 heavy (non-hydrogen) atoms. The number of rotatable bonds is 5. The normalized spacial score (nSPS) is 16.4. The Morgan fingerprint density at radius 3 is 2.41 bits per heavy atom. The summed E-state index contributed by atoms with van der Waals surface area (Å²) in [6.45, 7) is 0.297. The van der Waals surface area contributed by atoms with Crippen molar-refractivity contribution < 1.29 is 18.4 Å². The summed E-state index contributed by atoms with van der Waals surface area (Å²) in [7, 11) is 4.94. The average Bonchev–Trinajstić information content (AvgIpc) is 2.70. The minimum absolute atomic E-state index is 0.0481. The Morgan fingerprint density at radius 2 is 1.81 bits per heavy atom. The molecule has 1 unspecified atom stereocenters. The van der Waals surface area contributed by atoms with E-state index in [-0.39, 0.29) is 34.3 Å². The SMILES string of the molecule is CN(C)NC(=O)N(C)c1cc(Cl)c(N2CC(Cc3ccc(F)cc3F)CCC2=O)c(Cl)c1. The summed E-state index contributed by atoms with van der Waals surface area (Å²) in [6.07, 6.45) is 1.19. The van der Waals surface area contributed by atoms with E-state index < -0.39 is 11.6 Å². The third-order valence-corrected chi connectivity index (χ3v) is 5.89. The molecule has 0 saturated carbocycles. The van der Waals surface area contributed by atoms with Crippen molar-refractivity contribution in [3.8, 4) is 0 Å². The third kappa shape index (κ3) is 5.49. The Hall–Kier alpha value is -2.42. The molecule has 2 aromatic rings. The van der Waals surface area contributed by atoms with Gasteiger partial charge in [-0.3, -0.25) is 15.1 Å². The number of halogens is 4. The van der Waals surface area contributed by atoms with Crippen molar-refractivity contribution in [3.63, 3.8) is 0 Å². The molecule has 0 radical (unpaired) electrons. The van der Waals surface area contributed by atoms with Crippen LogP contribution in [0.15, 0.2) is 30.3 Å². The molecule has 1 N–H and O–H groups in total. The van der Waals surface area contributed by atoms with E-state index in [2.05, 4.69) is 5.43 Å². The number of nitrogens with zero attached hydrogens (tertiary/aromatic N) is 3.